The number of rotatable bonds is 4. The molecule has 2 aromatic carbocycles. The zero-order chi connectivity index (χ0) is 15.9. The molecule has 0 amide bonds. The van der Waals surface area contributed by atoms with Gasteiger partial charge in [0.25, 0.3) is 5.95 Å². The monoisotopic (exact) mass is 306 g/mol. The Labute approximate surface area is 132 Å². The molecule has 8 heteroatoms. The molecule has 0 aliphatic carbocycles. The van der Waals surface area contributed by atoms with Crippen molar-refractivity contribution in [1.82, 2.24) is 20.2 Å². The number of tetrazole rings is 1. The lowest BCUT2D eigenvalue weighted by atomic mass is 10.2. The van der Waals surface area contributed by atoms with Crippen LogP contribution in [0.15, 0.2) is 76.0 Å². The maximum atomic E-state index is 4.32. The fourth-order valence-electron chi connectivity index (χ4n) is 1.76. The minimum Gasteiger partial charge on any atom is -0.276 e. The summed E-state index contributed by atoms with van der Waals surface area (Å²) in [4.78, 5) is 0. The zero-order valence-corrected chi connectivity index (χ0v) is 12.4. The van der Waals surface area contributed by atoms with E-state index in [1.54, 1.807) is 7.05 Å². The summed E-state index contributed by atoms with van der Waals surface area (Å²) in [6.45, 7) is 0. The molecule has 1 heterocycles. The standard InChI is InChI=1S/C15H14N8/c1-23-15(20-21-22-23)19-18-14(12-8-4-2-5-9-12)17-16-13-10-6-3-7-11-13/h2-11,16H,1H3/b17-14-,19-18?. The number of hydrogen-bond acceptors (Lipinski definition) is 6. The molecule has 0 spiro atoms. The van der Waals surface area contributed by atoms with Crippen LogP contribution in [0.4, 0.5) is 11.6 Å². The Balaban J connectivity index is 1.88. The van der Waals surface area contributed by atoms with E-state index >= 15 is 0 Å². The number of benzene rings is 2. The summed E-state index contributed by atoms with van der Waals surface area (Å²) in [5.74, 6) is 0.728. The highest BCUT2D eigenvalue weighted by atomic mass is 15.6. The Morgan fingerprint density at radius 2 is 1.70 bits per heavy atom. The smallest absolute Gasteiger partial charge is 0.276 e. The van der Waals surface area contributed by atoms with Crippen molar-refractivity contribution in [2.75, 3.05) is 5.43 Å². The third-order valence-electron chi connectivity index (χ3n) is 2.93. The summed E-state index contributed by atoms with van der Waals surface area (Å²) in [6.07, 6.45) is 0. The number of nitrogens with one attached hydrogen (secondary N) is 1. The molecule has 3 rings (SSSR count). The van der Waals surface area contributed by atoms with E-state index in [0.717, 1.165) is 11.3 Å². The summed E-state index contributed by atoms with van der Waals surface area (Å²) in [6, 6.07) is 19.2. The molecule has 0 aliphatic heterocycles. The van der Waals surface area contributed by atoms with Crippen LogP contribution in [0.1, 0.15) is 5.56 Å². The van der Waals surface area contributed by atoms with Gasteiger partial charge < -0.3 is 0 Å². The predicted octanol–water partition coefficient (Wildman–Crippen LogP) is 2.77. The topological polar surface area (TPSA) is 92.7 Å². The third-order valence-corrected chi connectivity index (χ3v) is 2.93. The first-order chi connectivity index (χ1) is 11.3. The maximum absolute atomic E-state index is 4.32. The summed E-state index contributed by atoms with van der Waals surface area (Å²) in [5.41, 5.74) is 4.65. The van der Waals surface area contributed by atoms with Gasteiger partial charge in [0.05, 0.1) is 5.69 Å². The van der Waals surface area contributed by atoms with Crippen LogP contribution in [0.25, 0.3) is 0 Å². The normalized spacial score (nSPS) is 11.8. The highest BCUT2D eigenvalue weighted by molar-refractivity contribution is 5.99. The van der Waals surface area contributed by atoms with Crippen LogP contribution < -0.4 is 5.43 Å². The van der Waals surface area contributed by atoms with E-state index < -0.39 is 0 Å². The number of aromatic nitrogens is 4. The van der Waals surface area contributed by atoms with Gasteiger partial charge in [-0.1, -0.05) is 53.6 Å². The van der Waals surface area contributed by atoms with Gasteiger partial charge in [0, 0.05) is 12.6 Å². The van der Waals surface area contributed by atoms with Gasteiger partial charge in [-0.3, -0.25) is 5.43 Å². The van der Waals surface area contributed by atoms with Crippen LogP contribution in [0.2, 0.25) is 0 Å². The fraction of sp³-hybridized carbons (Fsp3) is 0.0667. The molecule has 1 N–H and O–H groups in total. The number of anilines is 1. The summed E-state index contributed by atoms with van der Waals surface area (Å²) < 4.78 is 1.43. The highest BCUT2D eigenvalue weighted by Gasteiger charge is 2.04. The van der Waals surface area contributed by atoms with Crippen LogP contribution in [-0.4, -0.2) is 26.0 Å². The molecule has 23 heavy (non-hydrogen) atoms. The van der Waals surface area contributed by atoms with E-state index in [1.165, 1.54) is 4.68 Å². The Kier molecular flexibility index (Phi) is 4.44. The van der Waals surface area contributed by atoms with Crippen molar-refractivity contribution in [1.29, 1.82) is 0 Å². The first-order valence-corrected chi connectivity index (χ1v) is 6.91. The molecule has 0 aliphatic rings. The van der Waals surface area contributed by atoms with E-state index in [-0.39, 0.29) is 0 Å². The average molecular weight is 306 g/mol. The van der Waals surface area contributed by atoms with Crippen LogP contribution in [-0.2, 0) is 7.05 Å². The molecule has 1 aromatic heterocycles. The number of aryl methyl sites for hydroxylation is 1. The minimum atomic E-state index is 0.299. The minimum absolute atomic E-state index is 0.299. The quantitative estimate of drug-likeness (QED) is 0.347. The molecule has 0 bridgehead atoms. The molecule has 0 saturated carbocycles. The van der Waals surface area contributed by atoms with Gasteiger partial charge in [-0.15, -0.1) is 10.2 Å². The van der Waals surface area contributed by atoms with Crippen molar-refractivity contribution in [2.45, 2.75) is 0 Å². The number of para-hydroxylation sites is 1. The lowest BCUT2D eigenvalue weighted by Crippen LogP contribution is -2.01. The lowest BCUT2D eigenvalue weighted by Gasteiger charge is -2.02. The number of azo groups is 1. The highest BCUT2D eigenvalue weighted by Crippen LogP contribution is 2.10. The molecule has 114 valence electrons. The Hall–Kier alpha value is -3.42. The first-order valence-electron chi connectivity index (χ1n) is 6.91. The average Bonchev–Trinajstić information content (AvgIpc) is 3.02. The fourth-order valence-corrected chi connectivity index (χ4v) is 1.76. The van der Waals surface area contributed by atoms with E-state index in [0.29, 0.717) is 11.8 Å². The molecule has 8 nitrogen and oxygen atoms in total. The SMILES string of the molecule is Cn1nnnc1N=N/C(=N\Nc1ccccc1)c1ccccc1. The Morgan fingerprint density at radius 1 is 1.00 bits per heavy atom. The van der Waals surface area contributed by atoms with Gasteiger partial charge in [0.15, 0.2) is 0 Å². The van der Waals surface area contributed by atoms with E-state index in [4.69, 9.17) is 0 Å². The zero-order valence-electron chi connectivity index (χ0n) is 12.4. The molecule has 0 saturated heterocycles. The van der Waals surface area contributed by atoms with Crippen LogP contribution in [0, 0.1) is 0 Å². The van der Waals surface area contributed by atoms with Crippen LogP contribution >= 0.6 is 0 Å². The number of nitrogens with zero attached hydrogens (tertiary/aromatic N) is 7. The molecular weight excluding hydrogens is 292 g/mol. The third kappa shape index (κ3) is 3.82. The van der Waals surface area contributed by atoms with E-state index in [1.807, 2.05) is 60.7 Å². The molecule has 0 radical (unpaired) electrons. The first kappa shape index (κ1) is 14.5. The summed E-state index contributed by atoms with van der Waals surface area (Å²) in [5, 5.41) is 23.5. The van der Waals surface area contributed by atoms with Gasteiger partial charge in [0.2, 0.25) is 5.84 Å². The van der Waals surface area contributed by atoms with Gasteiger partial charge in [-0.2, -0.15) is 5.10 Å². The van der Waals surface area contributed by atoms with Crippen molar-refractivity contribution >= 4 is 17.5 Å². The second-order valence-electron chi connectivity index (χ2n) is 4.58. The van der Waals surface area contributed by atoms with Crippen LogP contribution in [0.5, 0.6) is 0 Å². The molecule has 0 fully saturated rings. The number of hydrogen-bond donors (Lipinski definition) is 1. The van der Waals surface area contributed by atoms with Gasteiger partial charge in [-0.25, -0.2) is 4.68 Å². The molecular formula is C15H14N8. The second-order valence-corrected chi connectivity index (χ2v) is 4.58. The predicted molar refractivity (Wildman–Crippen MR) is 86.4 cm³/mol. The molecule has 0 atom stereocenters. The van der Waals surface area contributed by atoms with E-state index in [2.05, 4.69) is 36.3 Å². The maximum Gasteiger partial charge on any atom is 0.287 e. The van der Waals surface area contributed by atoms with Gasteiger partial charge in [-0.05, 0) is 22.6 Å². The van der Waals surface area contributed by atoms with Crippen molar-refractivity contribution in [3.05, 3.63) is 66.2 Å². The molecule has 0 unspecified atom stereocenters. The van der Waals surface area contributed by atoms with Gasteiger partial charge in [0.1, 0.15) is 0 Å². The Morgan fingerprint density at radius 3 is 2.35 bits per heavy atom. The Bertz CT molecular complexity index is 808. The second kappa shape index (κ2) is 7.03. The summed E-state index contributed by atoms with van der Waals surface area (Å²) in [7, 11) is 1.69. The number of hydrazone groups is 1. The lowest BCUT2D eigenvalue weighted by molar-refractivity contribution is 0.710. The number of amidine groups is 1. The van der Waals surface area contributed by atoms with Crippen LogP contribution in [0.3, 0.4) is 0 Å². The van der Waals surface area contributed by atoms with Crippen molar-refractivity contribution in [2.24, 2.45) is 22.4 Å². The van der Waals surface area contributed by atoms with Gasteiger partial charge >= 0.3 is 0 Å². The summed E-state index contributed by atoms with van der Waals surface area (Å²) >= 11 is 0. The van der Waals surface area contributed by atoms with Crippen molar-refractivity contribution < 1.29 is 0 Å². The van der Waals surface area contributed by atoms with E-state index in [9.17, 15) is 0 Å². The molecule has 3 aromatic rings. The van der Waals surface area contributed by atoms with Crippen molar-refractivity contribution in [3.63, 3.8) is 0 Å². The van der Waals surface area contributed by atoms with Crippen molar-refractivity contribution in [3.8, 4) is 0 Å². The largest absolute Gasteiger partial charge is 0.287 e.